The van der Waals surface area contributed by atoms with Crippen molar-refractivity contribution in [3.63, 3.8) is 0 Å². The lowest BCUT2D eigenvalue weighted by molar-refractivity contribution is 0.0523. The number of carbonyl (C=O) groups is 1. The van der Waals surface area contributed by atoms with Crippen LogP contribution in [0.15, 0.2) is 6.20 Å². The summed E-state index contributed by atoms with van der Waals surface area (Å²) in [5, 5.41) is 20.4. The number of nitrogens with one attached hydrogen (secondary N) is 1. The fourth-order valence-corrected chi connectivity index (χ4v) is 3.33. The van der Waals surface area contributed by atoms with Crippen molar-refractivity contribution in [3.8, 4) is 0 Å². The molecule has 0 saturated carbocycles. The van der Waals surface area contributed by atoms with Crippen LogP contribution in [0, 0.1) is 0 Å². The molecule has 0 saturated heterocycles. The van der Waals surface area contributed by atoms with Crippen LogP contribution < -0.4 is 5.32 Å². The molecular weight excluding hydrogens is 351 g/mol. The Hall–Kier alpha value is -1.48. The molecule has 1 aromatic rings. The van der Waals surface area contributed by atoms with E-state index in [0.717, 1.165) is 0 Å². The van der Waals surface area contributed by atoms with Crippen LogP contribution >= 0.6 is 7.60 Å². The standard InChI is InChI=1S/C14H27N4O6P/c1-6-22-25(21,23-7-2)12(19)10-18-9-11(16-17-18)8-15-13(20)24-14(3,4)5/h9,12,19H,6-8,10H2,1-5H3,(H,15,20). The molecule has 11 heteroatoms. The van der Waals surface area contributed by atoms with Crippen LogP contribution in [0.2, 0.25) is 0 Å². The number of aromatic nitrogens is 3. The zero-order valence-electron chi connectivity index (χ0n) is 15.3. The number of aliphatic hydroxyl groups is 1. The first-order chi connectivity index (χ1) is 11.6. The highest BCUT2D eigenvalue weighted by atomic mass is 31.2. The van der Waals surface area contributed by atoms with Gasteiger partial charge in [-0.3, -0.25) is 4.57 Å². The van der Waals surface area contributed by atoms with Gasteiger partial charge in [0.15, 0.2) is 5.85 Å². The molecule has 0 aromatic carbocycles. The van der Waals surface area contributed by atoms with Gasteiger partial charge in [-0.2, -0.15) is 0 Å². The van der Waals surface area contributed by atoms with Crippen LogP contribution in [0.5, 0.6) is 0 Å². The van der Waals surface area contributed by atoms with Crippen molar-refractivity contribution in [3.05, 3.63) is 11.9 Å². The van der Waals surface area contributed by atoms with E-state index in [1.165, 1.54) is 10.9 Å². The van der Waals surface area contributed by atoms with E-state index in [2.05, 4.69) is 15.6 Å². The Balaban J connectivity index is 2.60. The van der Waals surface area contributed by atoms with E-state index in [1.807, 2.05) is 0 Å². The highest BCUT2D eigenvalue weighted by Gasteiger charge is 2.34. The van der Waals surface area contributed by atoms with Crippen LogP contribution in [0.4, 0.5) is 4.79 Å². The Morgan fingerprint density at radius 1 is 1.36 bits per heavy atom. The first-order valence-corrected chi connectivity index (χ1v) is 9.63. The molecule has 1 rings (SSSR count). The van der Waals surface area contributed by atoms with Gasteiger partial charge < -0.3 is 24.2 Å². The second-order valence-electron chi connectivity index (χ2n) is 6.14. The fraction of sp³-hybridized carbons (Fsp3) is 0.786. The number of aliphatic hydroxyl groups excluding tert-OH is 1. The molecule has 1 amide bonds. The molecule has 1 unspecified atom stereocenters. The summed E-state index contributed by atoms with van der Waals surface area (Å²) in [5.41, 5.74) is -0.133. The summed E-state index contributed by atoms with van der Waals surface area (Å²) in [5.74, 6) is -1.37. The van der Waals surface area contributed by atoms with Crippen molar-refractivity contribution < 1.29 is 28.3 Å². The summed E-state index contributed by atoms with van der Waals surface area (Å²) in [6.45, 7) is 8.91. The van der Waals surface area contributed by atoms with Crippen LogP contribution in [0.3, 0.4) is 0 Å². The second-order valence-corrected chi connectivity index (χ2v) is 8.34. The summed E-state index contributed by atoms with van der Waals surface area (Å²) in [6, 6.07) is 0. The number of ether oxygens (including phenoxy) is 1. The van der Waals surface area contributed by atoms with Crippen molar-refractivity contribution >= 4 is 13.7 Å². The molecule has 144 valence electrons. The molecule has 0 fully saturated rings. The third-order valence-corrected chi connectivity index (χ3v) is 4.86. The van der Waals surface area contributed by atoms with Crippen molar-refractivity contribution in [2.45, 2.75) is 59.2 Å². The lowest BCUT2D eigenvalue weighted by atomic mass is 10.2. The maximum atomic E-state index is 12.4. The summed E-state index contributed by atoms with van der Waals surface area (Å²) < 4.78 is 29.0. The van der Waals surface area contributed by atoms with Crippen LogP contribution in [-0.4, -0.2) is 50.9 Å². The van der Waals surface area contributed by atoms with E-state index in [0.29, 0.717) is 5.69 Å². The van der Waals surface area contributed by atoms with Crippen molar-refractivity contribution in [2.75, 3.05) is 13.2 Å². The number of rotatable bonds is 9. The van der Waals surface area contributed by atoms with Gasteiger partial charge in [-0.25, -0.2) is 9.48 Å². The van der Waals surface area contributed by atoms with Crippen molar-refractivity contribution in [2.24, 2.45) is 0 Å². The zero-order valence-corrected chi connectivity index (χ0v) is 16.2. The molecular formula is C14H27N4O6P. The third-order valence-electron chi connectivity index (χ3n) is 2.73. The number of amides is 1. The first-order valence-electron chi connectivity index (χ1n) is 8.02. The Morgan fingerprint density at radius 3 is 2.48 bits per heavy atom. The van der Waals surface area contributed by atoms with E-state index in [1.54, 1.807) is 34.6 Å². The van der Waals surface area contributed by atoms with Crippen LogP contribution in [0.1, 0.15) is 40.3 Å². The monoisotopic (exact) mass is 378 g/mol. The van der Waals surface area contributed by atoms with Gasteiger partial charge in [0.1, 0.15) is 11.3 Å². The summed E-state index contributed by atoms with van der Waals surface area (Å²) >= 11 is 0. The SMILES string of the molecule is CCOP(=O)(OCC)C(O)Cn1cc(CNC(=O)OC(C)(C)C)nn1. The molecule has 1 heterocycles. The van der Waals surface area contributed by atoms with Crippen molar-refractivity contribution in [1.82, 2.24) is 20.3 Å². The van der Waals surface area contributed by atoms with Gasteiger partial charge in [0, 0.05) is 0 Å². The van der Waals surface area contributed by atoms with Gasteiger partial charge in [0.25, 0.3) is 0 Å². The minimum Gasteiger partial charge on any atom is -0.444 e. The molecule has 2 N–H and O–H groups in total. The van der Waals surface area contributed by atoms with Gasteiger partial charge in [0.2, 0.25) is 0 Å². The van der Waals surface area contributed by atoms with E-state index in [-0.39, 0.29) is 26.3 Å². The van der Waals surface area contributed by atoms with E-state index in [4.69, 9.17) is 13.8 Å². The number of alkyl carbamates (subject to hydrolysis) is 1. The minimum atomic E-state index is -3.64. The average molecular weight is 378 g/mol. The number of hydrogen-bond donors (Lipinski definition) is 2. The van der Waals surface area contributed by atoms with Gasteiger partial charge in [0.05, 0.1) is 32.5 Å². The lowest BCUT2D eigenvalue weighted by Gasteiger charge is -2.21. The molecule has 0 spiro atoms. The molecule has 0 bridgehead atoms. The Kier molecular flexibility index (Phi) is 8.01. The molecule has 0 aliphatic heterocycles. The molecule has 0 aliphatic rings. The number of hydrogen-bond acceptors (Lipinski definition) is 8. The van der Waals surface area contributed by atoms with Gasteiger partial charge in [-0.05, 0) is 34.6 Å². The molecule has 0 radical (unpaired) electrons. The van der Waals surface area contributed by atoms with Crippen LogP contribution in [-0.2, 0) is 31.4 Å². The van der Waals surface area contributed by atoms with Gasteiger partial charge >= 0.3 is 13.7 Å². The predicted molar refractivity (Wildman–Crippen MR) is 90.0 cm³/mol. The maximum absolute atomic E-state index is 12.4. The highest BCUT2D eigenvalue weighted by molar-refractivity contribution is 7.54. The molecule has 0 aliphatic carbocycles. The molecule has 10 nitrogen and oxygen atoms in total. The molecule has 25 heavy (non-hydrogen) atoms. The van der Waals surface area contributed by atoms with E-state index < -0.39 is 25.1 Å². The first kappa shape index (κ1) is 21.6. The maximum Gasteiger partial charge on any atom is 0.407 e. The normalized spacial score (nSPS) is 13.5. The Bertz CT molecular complexity index is 590. The summed E-state index contributed by atoms with van der Waals surface area (Å²) in [7, 11) is -3.64. The molecule has 1 atom stereocenters. The largest absolute Gasteiger partial charge is 0.444 e. The van der Waals surface area contributed by atoms with E-state index >= 15 is 0 Å². The minimum absolute atomic E-state index is 0.111. The average Bonchev–Trinajstić information content (AvgIpc) is 2.91. The topological polar surface area (TPSA) is 125 Å². The summed E-state index contributed by atoms with van der Waals surface area (Å²) in [6.07, 6.45) is 0.947. The second kappa shape index (κ2) is 9.28. The third kappa shape index (κ3) is 7.52. The number of carbonyl (C=O) groups excluding carboxylic acids is 1. The van der Waals surface area contributed by atoms with E-state index in [9.17, 15) is 14.5 Å². The fourth-order valence-electron chi connectivity index (χ4n) is 1.82. The quantitative estimate of drug-likeness (QED) is 0.624. The van der Waals surface area contributed by atoms with Crippen molar-refractivity contribution in [1.29, 1.82) is 0 Å². The summed E-state index contributed by atoms with van der Waals surface area (Å²) in [4.78, 5) is 11.6. The Labute approximate surface area is 147 Å². The van der Waals surface area contributed by atoms with Gasteiger partial charge in [-0.1, -0.05) is 5.21 Å². The zero-order chi connectivity index (χ0) is 19.1. The lowest BCUT2D eigenvalue weighted by Crippen LogP contribution is -2.32. The highest BCUT2D eigenvalue weighted by Crippen LogP contribution is 2.52. The van der Waals surface area contributed by atoms with Crippen LogP contribution in [0.25, 0.3) is 0 Å². The predicted octanol–water partition coefficient (Wildman–Crippen LogP) is 1.89. The Morgan fingerprint density at radius 2 is 1.96 bits per heavy atom. The smallest absolute Gasteiger partial charge is 0.407 e. The van der Waals surface area contributed by atoms with Gasteiger partial charge in [-0.15, -0.1) is 5.10 Å². The molecule has 1 aromatic heterocycles. The number of nitrogens with zero attached hydrogens (tertiary/aromatic N) is 3.